The van der Waals surface area contributed by atoms with Crippen molar-refractivity contribution in [3.63, 3.8) is 0 Å². The van der Waals surface area contributed by atoms with Gasteiger partial charge in [-0.1, -0.05) is 19.8 Å². The van der Waals surface area contributed by atoms with E-state index in [0.717, 1.165) is 37.1 Å². The van der Waals surface area contributed by atoms with Crippen LogP contribution in [0, 0.1) is 0 Å². The largest absolute Gasteiger partial charge is 0.330 e. The molecule has 21 heavy (non-hydrogen) atoms. The molecule has 0 saturated heterocycles. The number of nitrogens with two attached hydrogens (primary N) is 1. The van der Waals surface area contributed by atoms with Crippen molar-refractivity contribution in [1.82, 2.24) is 0 Å². The molecule has 116 valence electrons. The van der Waals surface area contributed by atoms with Gasteiger partial charge in [-0.2, -0.15) is 0 Å². The fourth-order valence-electron chi connectivity index (χ4n) is 1.89. The van der Waals surface area contributed by atoms with E-state index < -0.39 is 0 Å². The second kappa shape index (κ2) is 9.94. The second-order valence-corrected chi connectivity index (χ2v) is 4.98. The summed E-state index contributed by atoms with van der Waals surface area (Å²) in [4.78, 5) is 23.0. The molecule has 1 rings (SSSR count). The van der Waals surface area contributed by atoms with Gasteiger partial charge in [0.1, 0.15) is 0 Å². The highest BCUT2D eigenvalue weighted by atomic mass is 16.2. The van der Waals surface area contributed by atoms with Crippen LogP contribution in [0.2, 0.25) is 0 Å². The Hall–Kier alpha value is -1.88. The molecule has 0 spiro atoms. The van der Waals surface area contributed by atoms with Gasteiger partial charge >= 0.3 is 0 Å². The minimum Gasteiger partial charge on any atom is -0.330 e. The number of carbonyl (C=O) groups excluding carboxylic acids is 2. The van der Waals surface area contributed by atoms with Gasteiger partial charge in [0.25, 0.3) is 0 Å². The van der Waals surface area contributed by atoms with Crippen LogP contribution in [-0.4, -0.2) is 18.4 Å². The number of amides is 2. The highest BCUT2D eigenvalue weighted by molar-refractivity contribution is 5.92. The van der Waals surface area contributed by atoms with E-state index in [0.29, 0.717) is 19.4 Å². The number of carbonyl (C=O) groups is 2. The molecule has 0 fully saturated rings. The van der Waals surface area contributed by atoms with E-state index in [1.807, 2.05) is 0 Å². The van der Waals surface area contributed by atoms with Crippen molar-refractivity contribution in [1.29, 1.82) is 0 Å². The molecular weight excluding hydrogens is 266 g/mol. The van der Waals surface area contributed by atoms with Crippen LogP contribution >= 0.6 is 0 Å². The first kappa shape index (κ1) is 17.2. The number of anilines is 2. The van der Waals surface area contributed by atoms with Crippen molar-refractivity contribution in [2.75, 3.05) is 17.2 Å². The molecule has 5 nitrogen and oxygen atoms in total. The lowest BCUT2D eigenvalue weighted by atomic mass is 10.1. The quantitative estimate of drug-likeness (QED) is 0.612. The Labute approximate surface area is 126 Å². The molecule has 0 atom stereocenters. The van der Waals surface area contributed by atoms with Crippen molar-refractivity contribution in [3.05, 3.63) is 24.3 Å². The van der Waals surface area contributed by atoms with E-state index in [4.69, 9.17) is 5.73 Å². The molecule has 0 aliphatic carbocycles. The fourth-order valence-corrected chi connectivity index (χ4v) is 1.89. The van der Waals surface area contributed by atoms with Crippen molar-refractivity contribution in [2.45, 2.75) is 45.4 Å². The van der Waals surface area contributed by atoms with Gasteiger partial charge < -0.3 is 16.4 Å². The molecule has 0 aliphatic rings. The number of hydrogen-bond acceptors (Lipinski definition) is 3. The highest BCUT2D eigenvalue weighted by Crippen LogP contribution is 2.14. The monoisotopic (exact) mass is 291 g/mol. The Bertz CT molecular complexity index is 443. The zero-order chi connectivity index (χ0) is 15.5. The predicted molar refractivity (Wildman–Crippen MR) is 86.1 cm³/mol. The molecule has 2 amide bonds. The van der Waals surface area contributed by atoms with E-state index >= 15 is 0 Å². The number of rotatable bonds is 9. The Morgan fingerprint density at radius 2 is 1.43 bits per heavy atom. The van der Waals surface area contributed by atoms with E-state index in [-0.39, 0.29) is 11.8 Å². The molecule has 4 N–H and O–H groups in total. The summed E-state index contributed by atoms with van der Waals surface area (Å²) in [5.41, 5.74) is 6.90. The Morgan fingerprint density at radius 3 is 1.95 bits per heavy atom. The molecule has 0 aromatic heterocycles. The van der Waals surface area contributed by atoms with Crippen LogP contribution in [0.3, 0.4) is 0 Å². The van der Waals surface area contributed by atoms with Gasteiger partial charge in [-0.25, -0.2) is 0 Å². The number of benzene rings is 1. The molecule has 0 heterocycles. The zero-order valence-corrected chi connectivity index (χ0v) is 12.7. The third kappa shape index (κ3) is 7.46. The summed E-state index contributed by atoms with van der Waals surface area (Å²) in [5.74, 6) is -0.00245. The second-order valence-electron chi connectivity index (χ2n) is 4.98. The van der Waals surface area contributed by atoms with Crippen LogP contribution in [-0.2, 0) is 9.59 Å². The van der Waals surface area contributed by atoms with Gasteiger partial charge in [0, 0.05) is 24.2 Å². The minimum absolute atomic E-state index is 0.0214. The molecule has 0 aliphatic heterocycles. The number of hydrogen-bond donors (Lipinski definition) is 3. The van der Waals surface area contributed by atoms with E-state index in [1.165, 1.54) is 0 Å². The van der Waals surface area contributed by atoms with Gasteiger partial charge in [0.05, 0.1) is 0 Å². The molecule has 5 heteroatoms. The average Bonchev–Trinajstić information content (AvgIpc) is 2.49. The topological polar surface area (TPSA) is 84.2 Å². The molecule has 0 radical (unpaired) electrons. The van der Waals surface area contributed by atoms with Gasteiger partial charge in [0.15, 0.2) is 0 Å². The van der Waals surface area contributed by atoms with E-state index in [1.54, 1.807) is 31.2 Å². The molecule has 0 saturated carbocycles. The first-order valence-electron chi connectivity index (χ1n) is 7.55. The first-order chi connectivity index (χ1) is 10.2. The summed E-state index contributed by atoms with van der Waals surface area (Å²) < 4.78 is 0. The van der Waals surface area contributed by atoms with Crippen molar-refractivity contribution >= 4 is 23.2 Å². The van der Waals surface area contributed by atoms with Crippen LogP contribution in [0.1, 0.15) is 45.4 Å². The summed E-state index contributed by atoms with van der Waals surface area (Å²) >= 11 is 0. The highest BCUT2D eigenvalue weighted by Gasteiger charge is 2.03. The van der Waals surface area contributed by atoms with Crippen LogP contribution in [0.4, 0.5) is 11.4 Å². The van der Waals surface area contributed by atoms with E-state index in [2.05, 4.69) is 10.6 Å². The van der Waals surface area contributed by atoms with Crippen LogP contribution < -0.4 is 16.4 Å². The lowest BCUT2D eigenvalue weighted by Crippen LogP contribution is -2.12. The van der Waals surface area contributed by atoms with Gasteiger partial charge in [-0.3, -0.25) is 9.59 Å². The molecule has 1 aromatic rings. The average molecular weight is 291 g/mol. The van der Waals surface area contributed by atoms with Crippen molar-refractivity contribution in [2.24, 2.45) is 5.73 Å². The Balaban J connectivity index is 2.31. The minimum atomic E-state index is -0.0238. The summed E-state index contributed by atoms with van der Waals surface area (Å²) in [6.45, 7) is 2.52. The standard InChI is InChI=1S/C16H25N3O2/c1-2-15(20)18-13-8-10-14(11-9-13)19-16(21)7-5-3-4-6-12-17/h8-11H,2-7,12,17H2,1H3,(H,18,20)(H,19,21). The van der Waals surface area contributed by atoms with Crippen LogP contribution in [0.25, 0.3) is 0 Å². The zero-order valence-electron chi connectivity index (χ0n) is 12.7. The normalized spacial score (nSPS) is 10.2. The number of nitrogens with one attached hydrogen (secondary N) is 2. The first-order valence-corrected chi connectivity index (χ1v) is 7.55. The maximum absolute atomic E-state index is 11.7. The molecule has 0 unspecified atom stereocenters. The smallest absolute Gasteiger partial charge is 0.224 e. The van der Waals surface area contributed by atoms with Gasteiger partial charge in [-0.05, 0) is 43.7 Å². The summed E-state index contributed by atoms with van der Waals surface area (Å²) in [6, 6.07) is 7.14. The SMILES string of the molecule is CCC(=O)Nc1ccc(NC(=O)CCCCCCN)cc1. The molecule has 0 bridgehead atoms. The van der Waals surface area contributed by atoms with E-state index in [9.17, 15) is 9.59 Å². The van der Waals surface area contributed by atoms with Crippen molar-refractivity contribution in [3.8, 4) is 0 Å². The van der Waals surface area contributed by atoms with Crippen molar-refractivity contribution < 1.29 is 9.59 Å². The predicted octanol–water partition coefficient (Wildman–Crippen LogP) is 2.88. The lowest BCUT2D eigenvalue weighted by Gasteiger charge is -2.07. The third-order valence-corrected chi connectivity index (χ3v) is 3.13. The molecular formula is C16H25N3O2. The van der Waals surface area contributed by atoms with Crippen LogP contribution in [0.5, 0.6) is 0 Å². The lowest BCUT2D eigenvalue weighted by molar-refractivity contribution is -0.117. The van der Waals surface area contributed by atoms with Gasteiger partial charge in [-0.15, -0.1) is 0 Å². The Morgan fingerprint density at radius 1 is 0.905 bits per heavy atom. The summed E-state index contributed by atoms with van der Waals surface area (Å²) in [7, 11) is 0. The van der Waals surface area contributed by atoms with Gasteiger partial charge in [0.2, 0.25) is 11.8 Å². The number of unbranched alkanes of at least 4 members (excludes halogenated alkanes) is 3. The third-order valence-electron chi connectivity index (χ3n) is 3.13. The van der Waals surface area contributed by atoms with Crippen LogP contribution in [0.15, 0.2) is 24.3 Å². The Kier molecular flexibility index (Phi) is 8.12. The summed E-state index contributed by atoms with van der Waals surface area (Å²) in [6.07, 6.45) is 4.99. The maximum Gasteiger partial charge on any atom is 0.224 e. The molecule has 1 aromatic carbocycles. The maximum atomic E-state index is 11.7. The fraction of sp³-hybridized carbons (Fsp3) is 0.500. The summed E-state index contributed by atoms with van der Waals surface area (Å²) in [5, 5.41) is 5.62.